The molecule has 0 spiro atoms. The van der Waals surface area contributed by atoms with E-state index in [-0.39, 0.29) is 17.7 Å². The lowest BCUT2D eigenvalue weighted by molar-refractivity contribution is -0.137. The third kappa shape index (κ3) is 3.02. The fourth-order valence-electron chi connectivity index (χ4n) is 2.11. The van der Waals surface area contributed by atoms with Gasteiger partial charge in [-0.2, -0.15) is 13.2 Å². The summed E-state index contributed by atoms with van der Waals surface area (Å²) in [6.07, 6.45) is -3.30. The van der Waals surface area contributed by atoms with Gasteiger partial charge in [-0.05, 0) is 23.6 Å². The number of hydrogen-bond donors (Lipinski definition) is 0. The number of hydrogen-bond acceptors (Lipinski definition) is 4. The number of nitrogens with zero attached hydrogens (tertiary/aromatic N) is 2. The van der Waals surface area contributed by atoms with Crippen molar-refractivity contribution in [1.82, 2.24) is 9.55 Å². The van der Waals surface area contributed by atoms with Gasteiger partial charge in [-0.25, -0.2) is 4.98 Å². The van der Waals surface area contributed by atoms with Crippen LogP contribution in [0.2, 0.25) is 0 Å². The quantitative estimate of drug-likeness (QED) is 0.688. The highest BCUT2D eigenvalue weighted by Crippen LogP contribution is 2.29. The Balaban J connectivity index is 1.92. The Hall–Kier alpha value is -2.48. The summed E-state index contributed by atoms with van der Waals surface area (Å²) in [5.41, 5.74) is -0.853. The number of alkyl halides is 3. The minimum atomic E-state index is -4.52. The third-order valence-electron chi connectivity index (χ3n) is 3.26. The highest BCUT2D eigenvalue weighted by atomic mass is 32.1. The smallest absolute Gasteiger partial charge is 0.292 e. The van der Waals surface area contributed by atoms with Crippen LogP contribution < -0.4 is 5.56 Å². The average Bonchev–Trinajstić information content (AvgIpc) is 2.99. The van der Waals surface area contributed by atoms with Gasteiger partial charge in [0, 0.05) is 5.56 Å². The molecular weight excluding hydrogens is 329 g/mol. The third-order valence-corrected chi connectivity index (χ3v) is 4.15. The Labute approximate surface area is 131 Å². The molecule has 3 rings (SSSR count). The van der Waals surface area contributed by atoms with Crippen molar-refractivity contribution in [2.24, 2.45) is 0 Å². The van der Waals surface area contributed by atoms with E-state index >= 15 is 0 Å². The first-order valence-corrected chi connectivity index (χ1v) is 7.37. The van der Waals surface area contributed by atoms with Crippen LogP contribution in [-0.4, -0.2) is 15.3 Å². The summed E-state index contributed by atoms with van der Waals surface area (Å²) in [5.74, 6) is -0.587. The average molecular weight is 338 g/mol. The number of thiophene rings is 1. The molecule has 0 amide bonds. The second-order valence-corrected chi connectivity index (χ2v) is 5.73. The van der Waals surface area contributed by atoms with Gasteiger partial charge in [0.1, 0.15) is 4.70 Å². The van der Waals surface area contributed by atoms with Crippen LogP contribution in [0.15, 0.2) is 46.8 Å². The first kappa shape index (κ1) is 15.4. The molecule has 2 heterocycles. The molecule has 118 valence electrons. The SMILES string of the molecule is O=C(Cn1cnc2ccsc2c1=O)c1cccc(C(F)(F)F)c1. The van der Waals surface area contributed by atoms with Gasteiger partial charge in [-0.1, -0.05) is 12.1 Å². The molecule has 23 heavy (non-hydrogen) atoms. The van der Waals surface area contributed by atoms with E-state index in [2.05, 4.69) is 4.98 Å². The molecule has 0 saturated heterocycles. The zero-order valence-corrected chi connectivity index (χ0v) is 12.3. The van der Waals surface area contributed by atoms with Crippen LogP contribution in [0.25, 0.3) is 10.2 Å². The van der Waals surface area contributed by atoms with Gasteiger partial charge in [0.15, 0.2) is 5.78 Å². The molecule has 8 heteroatoms. The van der Waals surface area contributed by atoms with Crippen molar-refractivity contribution in [2.45, 2.75) is 12.7 Å². The summed E-state index contributed by atoms with van der Waals surface area (Å²) in [6, 6.07) is 5.81. The summed E-state index contributed by atoms with van der Waals surface area (Å²) in [7, 11) is 0. The van der Waals surface area contributed by atoms with Gasteiger partial charge in [-0.15, -0.1) is 11.3 Å². The number of ketones is 1. The maximum Gasteiger partial charge on any atom is 0.416 e. The minimum Gasteiger partial charge on any atom is -0.292 e. The number of fused-ring (bicyclic) bond motifs is 1. The first-order chi connectivity index (χ1) is 10.9. The lowest BCUT2D eigenvalue weighted by Crippen LogP contribution is -2.24. The van der Waals surface area contributed by atoms with E-state index in [0.717, 1.165) is 16.7 Å². The van der Waals surface area contributed by atoms with E-state index in [4.69, 9.17) is 0 Å². The van der Waals surface area contributed by atoms with Crippen LogP contribution in [0.5, 0.6) is 0 Å². The fourth-order valence-corrected chi connectivity index (χ4v) is 2.90. The molecule has 0 N–H and O–H groups in total. The molecule has 0 aliphatic heterocycles. The molecule has 0 bridgehead atoms. The van der Waals surface area contributed by atoms with Gasteiger partial charge in [-0.3, -0.25) is 14.2 Å². The number of aromatic nitrogens is 2. The van der Waals surface area contributed by atoms with Crippen molar-refractivity contribution in [3.8, 4) is 0 Å². The van der Waals surface area contributed by atoms with Crippen LogP contribution in [0.1, 0.15) is 15.9 Å². The Morgan fingerprint density at radius 2 is 2.04 bits per heavy atom. The van der Waals surface area contributed by atoms with Crippen LogP contribution in [0.3, 0.4) is 0 Å². The maximum atomic E-state index is 12.7. The fraction of sp³-hybridized carbons (Fsp3) is 0.133. The van der Waals surface area contributed by atoms with Crippen molar-refractivity contribution in [3.63, 3.8) is 0 Å². The number of carbonyl (C=O) groups excluding carboxylic acids is 1. The van der Waals surface area contributed by atoms with Gasteiger partial charge in [0.2, 0.25) is 0 Å². The highest BCUT2D eigenvalue weighted by molar-refractivity contribution is 7.17. The van der Waals surface area contributed by atoms with Crippen LogP contribution in [0.4, 0.5) is 13.2 Å². The first-order valence-electron chi connectivity index (χ1n) is 6.49. The lowest BCUT2D eigenvalue weighted by Gasteiger charge is -2.09. The monoisotopic (exact) mass is 338 g/mol. The van der Waals surface area contributed by atoms with Crippen molar-refractivity contribution in [3.05, 3.63) is 63.5 Å². The number of halogens is 3. The molecule has 4 nitrogen and oxygen atoms in total. The minimum absolute atomic E-state index is 0.0991. The molecule has 0 aliphatic carbocycles. The van der Waals surface area contributed by atoms with Crippen molar-refractivity contribution >= 4 is 27.3 Å². The Morgan fingerprint density at radius 1 is 1.26 bits per heavy atom. The predicted octanol–water partition coefficient (Wildman–Crippen LogP) is 3.36. The van der Waals surface area contributed by atoms with Crippen LogP contribution >= 0.6 is 11.3 Å². The molecule has 1 aromatic carbocycles. The number of Topliss-reactive ketones (excluding diaryl/α,β-unsaturated/α-hetero) is 1. The molecule has 0 aliphatic rings. The summed E-state index contributed by atoms with van der Waals surface area (Å²) in [4.78, 5) is 28.4. The van der Waals surface area contributed by atoms with E-state index in [1.165, 1.54) is 29.8 Å². The Bertz CT molecular complexity index is 944. The van der Waals surface area contributed by atoms with E-state index in [1.54, 1.807) is 11.4 Å². The number of carbonyl (C=O) groups is 1. The van der Waals surface area contributed by atoms with Gasteiger partial charge >= 0.3 is 6.18 Å². The van der Waals surface area contributed by atoms with E-state index in [1.807, 2.05) is 0 Å². The Morgan fingerprint density at radius 3 is 2.78 bits per heavy atom. The molecule has 0 radical (unpaired) electrons. The van der Waals surface area contributed by atoms with Crippen LogP contribution in [0, 0.1) is 0 Å². The predicted molar refractivity (Wildman–Crippen MR) is 79.7 cm³/mol. The largest absolute Gasteiger partial charge is 0.416 e. The van der Waals surface area contributed by atoms with Gasteiger partial charge < -0.3 is 0 Å². The van der Waals surface area contributed by atoms with E-state index < -0.39 is 17.5 Å². The van der Waals surface area contributed by atoms with E-state index in [9.17, 15) is 22.8 Å². The summed E-state index contributed by atoms with van der Waals surface area (Å²) >= 11 is 1.20. The molecule has 2 aromatic heterocycles. The zero-order valence-electron chi connectivity index (χ0n) is 11.5. The summed E-state index contributed by atoms with van der Waals surface area (Å²) < 4.78 is 39.6. The standard InChI is InChI=1S/C15H9F3N2O2S/c16-15(17,18)10-3-1-2-9(6-10)12(21)7-20-8-19-11-4-5-23-13(11)14(20)22/h1-6,8H,7H2. The van der Waals surface area contributed by atoms with Crippen molar-refractivity contribution < 1.29 is 18.0 Å². The second kappa shape index (κ2) is 5.62. The normalized spacial score (nSPS) is 11.8. The van der Waals surface area contributed by atoms with Crippen LogP contribution in [-0.2, 0) is 12.7 Å². The topological polar surface area (TPSA) is 52.0 Å². The summed E-state index contributed by atoms with van der Waals surface area (Å²) in [5, 5.41) is 1.71. The molecule has 0 saturated carbocycles. The molecule has 0 unspecified atom stereocenters. The second-order valence-electron chi connectivity index (χ2n) is 4.81. The van der Waals surface area contributed by atoms with Gasteiger partial charge in [0.05, 0.1) is 24.0 Å². The molecule has 0 fully saturated rings. The number of benzene rings is 1. The summed E-state index contributed by atoms with van der Waals surface area (Å²) in [6.45, 7) is -0.360. The highest BCUT2D eigenvalue weighted by Gasteiger charge is 2.30. The molecule has 0 atom stereocenters. The number of rotatable bonds is 3. The maximum absolute atomic E-state index is 12.7. The molecule has 3 aromatic rings. The molecular formula is C15H9F3N2O2S. The zero-order chi connectivity index (χ0) is 16.6. The Kier molecular flexibility index (Phi) is 3.77. The van der Waals surface area contributed by atoms with Gasteiger partial charge in [0.25, 0.3) is 5.56 Å². The van der Waals surface area contributed by atoms with Crippen molar-refractivity contribution in [1.29, 1.82) is 0 Å². The lowest BCUT2D eigenvalue weighted by atomic mass is 10.1. The van der Waals surface area contributed by atoms with E-state index in [0.29, 0.717) is 10.2 Å². The van der Waals surface area contributed by atoms with Crippen molar-refractivity contribution in [2.75, 3.05) is 0 Å².